The molecule has 0 bridgehead atoms. The molecule has 2 aromatic rings. The molecule has 6 heteroatoms. The summed E-state index contributed by atoms with van der Waals surface area (Å²) in [6.07, 6.45) is 3.21. The number of para-hydroxylation sites is 1. The zero-order valence-corrected chi connectivity index (χ0v) is 14.1. The minimum atomic E-state index is -3.43. The van der Waals surface area contributed by atoms with E-state index in [0.29, 0.717) is 19.0 Å². The molecule has 1 aliphatic heterocycles. The third kappa shape index (κ3) is 3.23. The van der Waals surface area contributed by atoms with Crippen LogP contribution in [0.3, 0.4) is 0 Å². The Morgan fingerprint density at radius 3 is 2.26 bits per heavy atom. The van der Waals surface area contributed by atoms with Gasteiger partial charge in [0.25, 0.3) is 0 Å². The monoisotopic (exact) mass is 332 g/mol. The summed E-state index contributed by atoms with van der Waals surface area (Å²) in [6, 6.07) is 9.07. The van der Waals surface area contributed by atoms with Crippen LogP contribution in [0.5, 0.6) is 11.6 Å². The molecule has 122 valence electrons. The van der Waals surface area contributed by atoms with Gasteiger partial charge in [0, 0.05) is 19.2 Å². The van der Waals surface area contributed by atoms with Crippen LogP contribution in [-0.2, 0) is 10.0 Å². The average molecular weight is 332 g/mol. The fraction of sp³-hybridized carbons (Fsp3) is 0.353. The van der Waals surface area contributed by atoms with Gasteiger partial charge in [0.1, 0.15) is 10.6 Å². The number of benzene rings is 1. The topological polar surface area (TPSA) is 59.5 Å². The fourth-order valence-corrected chi connectivity index (χ4v) is 4.18. The number of nitrogens with zero attached hydrogens (tertiary/aromatic N) is 2. The zero-order chi connectivity index (χ0) is 16.4. The molecule has 1 aromatic heterocycles. The number of ether oxygens (including phenoxy) is 1. The Hall–Kier alpha value is -1.92. The van der Waals surface area contributed by atoms with Crippen molar-refractivity contribution in [1.82, 2.24) is 9.29 Å². The van der Waals surface area contributed by atoms with Gasteiger partial charge in [-0.2, -0.15) is 4.31 Å². The van der Waals surface area contributed by atoms with Crippen molar-refractivity contribution < 1.29 is 13.2 Å². The number of aromatic nitrogens is 1. The van der Waals surface area contributed by atoms with E-state index in [1.807, 2.05) is 32.0 Å². The van der Waals surface area contributed by atoms with Crippen LogP contribution in [0.1, 0.15) is 24.0 Å². The lowest BCUT2D eigenvalue weighted by Gasteiger charge is -2.15. The second-order valence-corrected chi connectivity index (χ2v) is 7.70. The summed E-state index contributed by atoms with van der Waals surface area (Å²) in [5, 5.41) is 0. The Bertz CT molecular complexity index is 775. The summed E-state index contributed by atoms with van der Waals surface area (Å²) in [5.41, 5.74) is 2.03. The number of pyridine rings is 1. The number of sulfonamides is 1. The van der Waals surface area contributed by atoms with Gasteiger partial charge < -0.3 is 4.74 Å². The van der Waals surface area contributed by atoms with Crippen LogP contribution < -0.4 is 4.74 Å². The van der Waals surface area contributed by atoms with E-state index in [-0.39, 0.29) is 4.90 Å². The minimum absolute atomic E-state index is 0.216. The number of hydrogen-bond donors (Lipinski definition) is 0. The van der Waals surface area contributed by atoms with Gasteiger partial charge in [-0.25, -0.2) is 13.4 Å². The Balaban J connectivity index is 1.82. The SMILES string of the molecule is Cc1cccc(C)c1Oc1ccc(S(=O)(=O)N2CCCC2)cn1. The quantitative estimate of drug-likeness (QED) is 0.862. The molecule has 1 aliphatic rings. The molecule has 0 saturated carbocycles. The first-order chi connectivity index (χ1) is 11.0. The molecule has 1 aromatic carbocycles. The van der Waals surface area contributed by atoms with Gasteiger partial charge in [0.05, 0.1) is 6.20 Å². The van der Waals surface area contributed by atoms with Crippen molar-refractivity contribution in [3.63, 3.8) is 0 Å². The molecular weight excluding hydrogens is 312 g/mol. The van der Waals surface area contributed by atoms with Gasteiger partial charge in [-0.15, -0.1) is 0 Å². The molecule has 3 rings (SSSR count). The van der Waals surface area contributed by atoms with E-state index >= 15 is 0 Å². The first kappa shape index (κ1) is 16.0. The maximum atomic E-state index is 12.5. The summed E-state index contributed by atoms with van der Waals surface area (Å²) in [5.74, 6) is 1.15. The first-order valence-corrected chi connectivity index (χ1v) is 9.13. The third-order valence-corrected chi connectivity index (χ3v) is 5.91. The van der Waals surface area contributed by atoms with Crippen molar-refractivity contribution in [2.24, 2.45) is 0 Å². The molecular formula is C17H20N2O3S. The van der Waals surface area contributed by atoms with E-state index in [1.54, 1.807) is 12.1 Å². The van der Waals surface area contributed by atoms with Crippen LogP contribution >= 0.6 is 0 Å². The maximum absolute atomic E-state index is 12.5. The standard InChI is InChI=1S/C17H20N2O3S/c1-13-6-5-7-14(2)17(13)22-16-9-8-15(12-18-16)23(20,21)19-10-3-4-11-19/h5-9,12H,3-4,10-11H2,1-2H3. The van der Waals surface area contributed by atoms with Crippen LogP contribution in [-0.4, -0.2) is 30.8 Å². The molecule has 1 fully saturated rings. The highest BCUT2D eigenvalue weighted by atomic mass is 32.2. The van der Waals surface area contributed by atoms with Crippen molar-refractivity contribution in [1.29, 1.82) is 0 Å². The van der Waals surface area contributed by atoms with Gasteiger partial charge >= 0.3 is 0 Å². The predicted octanol–water partition coefficient (Wildman–Crippen LogP) is 3.28. The highest BCUT2D eigenvalue weighted by Crippen LogP contribution is 2.28. The second kappa shape index (κ2) is 6.29. The van der Waals surface area contributed by atoms with Gasteiger partial charge in [0.2, 0.25) is 15.9 Å². The van der Waals surface area contributed by atoms with E-state index in [1.165, 1.54) is 10.5 Å². The van der Waals surface area contributed by atoms with Crippen molar-refractivity contribution in [3.05, 3.63) is 47.7 Å². The lowest BCUT2D eigenvalue weighted by atomic mass is 10.1. The van der Waals surface area contributed by atoms with E-state index < -0.39 is 10.0 Å². The second-order valence-electron chi connectivity index (χ2n) is 5.77. The molecule has 23 heavy (non-hydrogen) atoms. The lowest BCUT2D eigenvalue weighted by molar-refractivity contribution is 0.453. The maximum Gasteiger partial charge on any atom is 0.244 e. The van der Waals surface area contributed by atoms with Crippen LogP contribution in [0.4, 0.5) is 0 Å². The van der Waals surface area contributed by atoms with Gasteiger partial charge in [-0.3, -0.25) is 0 Å². The number of hydrogen-bond acceptors (Lipinski definition) is 4. The van der Waals surface area contributed by atoms with E-state index in [0.717, 1.165) is 29.7 Å². The van der Waals surface area contributed by atoms with Gasteiger partial charge in [-0.05, 0) is 43.9 Å². The van der Waals surface area contributed by atoms with Crippen molar-refractivity contribution >= 4 is 10.0 Å². The zero-order valence-electron chi connectivity index (χ0n) is 13.3. The fourth-order valence-electron chi connectivity index (χ4n) is 2.72. The average Bonchev–Trinajstić information content (AvgIpc) is 3.07. The highest BCUT2D eigenvalue weighted by Gasteiger charge is 2.27. The Labute approximate surface area is 137 Å². The number of rotatable bonds is 4. The molecule has 0 radical (unpaired) electrons. The summed E-state index contributed by atoms with van der Waals surface area (Å²) in [6.45, 7) is 5.11. The summed E-state index contributed by atoms with van der Waals surface area (Å²) < 4.78 is 32.2. The summed E-state index contributed by atoms with van der Waals surface area (Å²) in [4.78, 5) is 4.38. The van der Waals surface area contributed by atoms with Crippen LogP contribution in [0.2, 0.25) is 0 Å². The van der Waals surface area contributed by atoms with Gasteiger partial charge in [0.15, 0.2) is 0 Å². The smallest absolute Gasteiger partial charge is 0.244 e. The van der Waals surface area contributed by atoms with E-state index in [2.05, 4.69) is 4.98 Å². The summed E-state index contributed by atoms with van der Waals surface area (Å²) in [7, 11) is -3.43. The molecule has 0 amide bonds. The first-order valence-electron chi connectivity index (χ1n) is 7.69. The van der Waals surface area contributed by atoms with Crippen LogP contribution in [0.25, 0.3) is 0 Å². The highest BCUT2D eigenvalue weighted by molar-refractivity contribution is 7.89. The minimum Gasteiger partial charge on any atom is -0.438 e. The lowest BCUT2D eigenvalue weighted by Crippen LogP contribution is -2.27. The van der Waals surface area contributed by atoms with Crippen molar-refractivity contribution in [2.45, 2.75) is 31.6 Å². The van der Waals surface area contributed by atoms with E-state index in [9.17, 15) is 8.42 Å². The van der Waals surface area contributed by atoms with Crippen LogP contribution in [0, 0.1) is 13.8 Å². The van der Waals surface area contributed by atoms with E-state index in [4.69, 9.17) is 4.74 Å². The normalized spacial score (nSPS) is 15.7. The Kier molecular flexibility index (Phi) is 4.37. The Morgan fingerprint density at radius 1 is 1.04 bits per heavy atom. The Morgan fingerprint density at radius 2 is 1.70 bits per heavy atom. The molecule has 1 saturated heterocycles. The molecule has 0 N–H and O–H groups in total. The molecule has 0 aliphatic carbocycles. The number of aryl methyl sites for hydroxylation is 2. The molecule has 0 atom stereocenters. The third-order valence-electron chi connectivity index (χ3n) is 4.03. The molecule has 5 nitrogen and oxygen atoms in total. The predicted molar refractivity (Wildman–Crippen MR) is 88.2 cm³/mol. The molecule has 0 unspecified atom stereocenters. The van der Waals surface area contributed by atoms with Crippen molar-refractivity contribution in [2.75, 3.05) is 13.1 Å². The van der Waals surface area contributed by atoms with Gasteiger partial charge in [-0.1, -0.05) is 18.2 Å². The molecule has 0 spiro atoms. The largest absolute Gasteiger partial charge is 0.438 e. The van der Waals surface area contributed by atoms with Crippen molar-refractivity contribution in [3.8, 4) is 11.6 Å². The van der Waals surface area contributed by atoms with Crippen LogP contribution in [0.15, 0.2) is 41.4 Å². The summed E-state index contributed by atoms with van der Waals surface area (Å²) >= 11 is 0. The molecule has 2 heterocycles.